The second-order valence-electron chi connectivity index (χ2n) is 12.4. The van der Waals surface area contributed by atoms with Crippen LogP contribution in [0, 0.1) is 0 Å². The molecule has 0 bridgehead atoms. The van der Waals surface area contributed by atoms with Crippen molar-refractivity contribution in [2.45, 2.75) is 0 Å². The SMILES string of the molecule is c1ccc(-n2c3ccccc3c3cccc(-c4ccc5c6cccnc6n(-c6cc(-c7ccccn7)nc(-c7ccccn7)c6)c5c4)c32)cc1. The van der Waals surface area contributed by atoms with Gasteiger partial charge in [-0.1, -0.05) is 78.9 Å². The number of aromatic nitrogens is 6. The maximum atomic E-state index is 5.04. The Hall–Kier alpha value is -6.92. The van der Waals surface area contributed by atoms with E-state index in [1.807, 2.05) is 48.7 Å². The first-order valence-corrected chi connectivity index (χ1v) is 16.6. The molecule has 6 aromatic heterocycles. The lowest BCUT2D eigenvalue weighted by Crippen LogP contribution is -2.00. The van der Waals surface area contributed by atoms with Crippen LogP contribution in [0.25, 0.3) is 89.0 Å². The Morgan fingerprint density at radius 3 is 1.80 bits per heavy atom. The van der Waals surface area contributed by atoms with E-state index in [0.717, 1.165) is 67.2 Å². The predicted molar refractivity (Wildman–Crippen MR) is 203 cm³/mol. The Labute approximate surface area is 287 Å². The van der Waals surface area contributed by atoms with E-state index in [4.69, 9.17) is 9.97 Å². The highest BCUT2D eigenvalue weighted by molar-refractivity contribution is 6.15. The lowest BCUT2D eigenvalue weighted by molar-refractivity contribution is 1.11. The van der Waals surface area contributed by atoms with Gasteiger partial charge in [0.15, 0.2) is 0 Å². The molecule has 0 saturated carbocycles. The van der Waals surface area contributed by atoms with Gasteiger partial charge in [0.1, 0.15) is 5.65 Å². The smallest absolute Gasteiger partial charge is 0.145 e. The summed E-state index contributed by atoms with van der Waals surface area (Å²) in [6.45, 7) is 0. The normalized spacial score (nSPS) is 11.6. The van der Waals surface area contributed by atoms with E-state index in [2.05, 4.69) is 128 Å². The van der Waals surface area contributed by atoms with Crippen LogP contribution in [-0.4, -0.2) is 29.1 Å². The number of pyridine rings is 4. The van der Waals surface area contributed by atoms with E-state index in [1.54, 1.807) is 12.4 Å². The summed E-state index contributed by atoms with van der Waals surface area (Å²) in [6.07, 6.45) is 5.46. The van der Waals surface area contributed by atoms with Crippen LogP contribution in [0.3, 0.4) is 0 Å². The van der Waals surface area contributed by atoms with Crippen LogP contribution in [0.1, 0.15) is 0 Å². The van der Waals surface area contributed by atoms with Gasteiger partial charge in [0.25, 0.3) is 0 Å². The largest absolute Gasteiger partial charge is 0.309 e. The molecule has 234 valence electrons. The van der Waals surface area contributed by atoms with Gasteiger partial charge >= 0.3 is 0 Å². The Balaban J connectivity index is 1.27. The molecule has 0 amide bonds. The van der Waals surface area contributed by atoms with E-state index >= 15 is 0 Å². The van der Waals surface area contributed by atoms with Crippen LogP contribution in [0.15, 0.2) is 170 Å². The molecular formula is C44H28N6. The van der Waals surface area contributed by atoms with Crippen molar-refractivity contribution in [2.24, 2.45) is 0 Å². The maximum Gasteiger partial charge on any atom is 0.145 e. The maximum absolute atomic E-state index is 5.04. The van der Waals surface area contributed by atoms with Gasteiger partial charge in [0, 0.05) is 51.4 Å². The molecule has 50 heavy (non-hydrogen) atoms. The first-order valence-electron chi connectivity index (χ1n) is 16.6. The molecule has 0 unspecified atom stereocenters. The predicted octanol–water partition coefficient (Wildman–Crippen LogP) is 10.5. The van der Waals surface area contributed by atoms with Crippen LogP contribution < -0.4 is 0 Å². The van der Waals surface area contributed by atoms with Gasteiger partial charge in [-0.05, 0) is 78.4 Å². The third-order valence-corrected chi connectivity index (χ3v) is 9.47. The Bertz CT molecular complexity index is 2800. The fraction of sp³-hybridized carbons (Fsp3) is 0. The average molecular weight is 641 g/mol. The molecule has 4 aromatic carbocycles. The molecule has 0 N–H and O–H groups in total. The van der Waals surface area contributed by atoms with Crippen molar-refractivity contribution in [2.75, 3.05) is 0 Å². The van der Waals surface area contributed by atoms with Gasteiger partial charge in [0.05, 0.1) is 45.0 Å². The quantitative estimate of drug-likeness (QED) is 0.188. The molecule has 0 saturated heterocycles. The minimum atomic E-state index is 0.767. The fourth-order valence-corrected chi connectivity index (χ4v) is 7.31. The van der Waals surface area contributed by atoms with Crippen molar-refractivity contribution in [1.82, 2.24) is 29.1 Å². The summed E-state index contributed by atoms with van der Waals surface area (Å²) in [5.74, 6) is 0. The molecule has 6 heteroatoms. The topological polar surface area (TPSA) is 61.4 Å². The number of rotatable bonds is 5. The highest BCUT2D eigenvalue weighted by Crippen LogP contribution is 2.40. The highest BCUT2D eigenvalue weighted by atomic mass is 15.1. The number of benzene rings is 4. The number of fused-ring (bicyclic) bond motifs is 6. The monoisotopic (exact) mass is 640 g/mol. The van der Waals surface area contributed by atoms with Gasteiger partial charge in [-0.15, -0.1) is 0 Å². The van der Waals surface area contributed by atoms with Crippen molar-refractivity contribution in [3.05, 3.63) is 170 Å². The van der Waals surface area contributed by atoms with E-state index in [-0.39, 0.29) is 0 Å². The minimum Gasteiger partial charge on any atom is -0.309 e. The van der Waals surface area contributed by atoms with Crippen molar-refractivity contribution in [3.8, 4) is 45.3 Å². The van der Waals surface area contributed by atoms with E-state index in [0.29, 0.717) is 0 Å². The molecule has 10 aromatic rings. The van der Waals surface area contributed by atoms with Gasteiger partial charge in [0.2, 0.25) is 0 Å². The van der Waals surface area contributed by atoms with Crippen LogP contribution in [0.5, 0.6) is 0 Å². The van der Waals surface area contributed by atoms with Crippen molar-refractivity contribution in [1.29, 1.82) is 0 Å². The zero-order valence-electron chi connectivity index (χ0n) is 26.8. The van der Waals surface area contributed by atoms with Gasteiger partial charge < -0.3 is 4.57 Å². The second kappa shape index (κ2) is 11.4. The molecule has 10 rings (SSSR count). The van der Waals surface area contributed by atoms with Crippen molar-refractivity contribution < 1.29 is 0 Å². The molecule has 0 spiro atoms. The summed E-state index contributed by atoms with van der Waals surface area (Å²) in [7, 11) is 0. The van der Waals surface area contributed by atoms with Crippen LogP contribution >= 0.6 is 0 Å². The highest BCUT2D eigenvalue weighted by Gasteiger charge is 2.20. The first kappa shape index (κ1) is 28.1. The van der Waals surface area contributed by atoms with E-state index in [1.165, 1.54) is 21.8 Å². The van der Waals surface area contributed by atoms with Gasteiger partial charge in [-0.2, -0.15) is 0 Å². The third kappa shape index (κ3) is 4.43. The summed E-state index contributed by atoms with van der Waals surface area (Å²) >= 11 is 0. The Morgan fingerprint density at radius 1 is 0.380 bits per heavy atom. The van der Waals surface area contributed by atoms with Gasteiger partial charge in [-0.25, -0.2) is 9.97 Å². The molecule has 0 fully saturated rings. The zero-order chi connectivity index (χ0) is 33.0. The molecule has 0 aliphatic carbocycles. The van der Waals surface area contributed by atoms with Gasteiger partial charge in [-0.3, -0.25) is 14.5 Å². The minimum absolute atomic E-state index is 0.767. The number of hydrogen-bond acceptors (Lipinski definition) is 4. The van der Waals surface area contributed by atoms with Crippen molar-refractivity contribution in [3.63, 3.8) is 0 Å². The van der Waals surface area contributed by atoms with Crippen LogP contribution in [0.4, 0.5) is 0 Å². The fourth-order valence-electron chi connectivity index (χ4n) is 7.31. The van der Waals surface area contributed by atoms with E-state index < -0.39 is 0 Å². The van der Waals surface area contributed by atoms with Crippen molar-refractivity contribution >= 4 is 43.7 Å². The number of hydrogen-bond donors (Lipinski definition) is 0. The lowest BCUT2D eigenvalue weighted by atomic mass is 10.0. The molecule has 0 aliphatic rings. The third-order valence-electron chi connectivity index (χ3n) is 9.47. The molecule has 6 nitrogen and oxygen atoms in total. The molecule has 6 heterocycles. The summed E-state index contributed by atoms with van der Waals surface area (Å²) < 4.78 is 4.64. The summed E-state index contributed by atoms with van der Waals surface area (Å²) in [5, 5.41) is 4.66. The number of nitrogens with zero attached hydrogens (tertiary/aromatic N) is 6. The van der Waals surface area contributed by atoms with E-state index in [9.17, 15) is 0 Å². The molecule has 0 atom stereocenters. The Kier molecular flexibility index (Phi) is 6.39. The van der Waals surface area contributed by atoms with Crippen LogP contribution in [-0.2, 0) is 0 Å². The summed E-state index contributed by atoms with van der Waals surface area (Å²) in [4.78, 5) is 19.3. The second-order valence-corrected chi connectivity index (χ2v) is 12.4. The summed E-state index contributed by atoms with van der Waals surface area (Å²) in [6, 6.07) is 52.8. The zero-order valence-corrected chi connectivity index (χ0v) is 26.8. The molecule has 0 radical (unpaired) electrons. The standard InChI is InChI=1S/C44H28N6/c1-2-12-30(13-3-1)49-41-20-5-4-14-33(41)35-16-10-15-32(43(35)49)29-21-22-34-36-17-11-25-47-44(36)50(42(34)26-29)31-27-39(37-18-6-8-23-45-37)48-40(28-31)38-19-7-9-24-46-38/h1-28H. The lowest BCUT2D eigenvalue weighted by Gasteiger charge is -2.14. The molecular weight excluding hydrogens is 613 g/mol. The average Bonchev–Trinajstić information content (AvgIpc) is 3.71. The number of para-hydroxylation sites is 3. The Morgan fingerprint density at radius 2 is 1.04 bits per heavy atom. The summed E-state index contributed by atoms with van der Waals surface area (Å²) in [5.41, 5.74) is 11.8. The molecule has 0 aliphatic heterocycles. The first-order chi connectivity index (χ1) is 24.8. The van der Waals surface area contributed by atoms with Crippen LogP contribution in [0.2, 0.25) is 0 Å².